The van der Waals surface area contributed by atoms with E-state index in [4.69, 9.17) is 45.9 Å². The minimum atomic E-state index is -0.504. The molecule has 0 bridgehead atoms. The number of nitrogens with one attached hydrogen (secondary N) is 1. The molecule has 2 saturated heterocycles. The van der Waals surface area contributed by atoms with Crippen molar-refractivity contribution in [3.63, 3.8) is 0 Å². The van der Waals surface area contributed by atoms with E-state index in [9.17, 15) is 14.4 Å². The zero-order valence-electron chi connectivity index (χ0n) is 29.5. The van der Waals surface area contributed by atoms with Crippen LogP contribution in [0.3, 0.4) is 0 Å². The Kier molecular flexibility index (Phi) is 11.5. The molecule has 3 heterocycles. The fourth-order valence-electron chi connectivity index (χ4n) is 6.48. The Morgan fingerprint density at radius 1 is 0.860 bits per heavy atom. The molecule has 14 nitrogen and oxygen atoms in total. The maximum absolute atomic E-state index is 13.9. The molecule has 0 aliphatic carbocycles. The zero-order valence-corrected chi connectivity index (χ0v) is 30.3. The first-order valence-electron chi connectivity index (χ1n) is 16.4. The molecule has 5 rings (SSSR count). The second-order valence-electron chi connectivity index (χ2n) is 12.3. The third-order valence-electron chi connectivity index (χ3n) is 9.05. The Hall–Kier alpha value is -4.92. The molecule has 1 unspecified atom stereocenters. The molecule has 2 aromatic carbocycles. The van der Waals surface area contributed by atoms with Crippen LogP contribution in [0.1, 0.15) is 43.5 Å². The Morgan fingerprint density at radius 3 is 2.06 bits per heavy atom. The van der Waals surface area contributed by atoms with Gasteiger partial charge in [0, 0.05) is 62.1 Å². The number of benzene rings is 2. The predicted molar refractivity (Wildman–Crippen MR) is 192 cm³/mol. The molecule has 0 radical (unpaired) electrons. The molecule has 2 amide bonds. The highest BCUT2D eigenvalue weighted by Gasteiger charge is 2.35. The Balaban J connectivity index is 1.40. The van der Waals surface area contributed by atoms with Gasteiger partial charge in [0.05, 0.1) is 46.1 Å². The molecule has 268 valence electrons. The molecule has 0 saturated carbocycles. The molecule has 50 heavy (non-hydrogen) atoms. The number of hydrogen-bond acceptors (Lipinski definition) is 12. The van der Waals surface area contributed by atoms with Gasteiger partial charge in [0.2, 0.25) is 17.6 Å². The number of amides is 2. The minimum Gasteiger partial charge on any atom is -0.493 e. The van der Waals surface area contributed by atoms with E-state index in [1.165, 1.54) is 28.4 Å². The summed E-state index contributed by atoms with van der Waals surface area (Å²) in [5.74, 6) is 2.34. The van der Waals surface area contributed by atoms with Crippen molar-refractivity contribution in [2.75, 3.05) is 78.5 Å². The summed E-state index contributed by atoms with van der Waals surface area (Å²) >= 11 is 5.74. The molecule has 1 aromatic heterocycles. The fourth-order valence-corrected chi connectivity index (χ4v) is 6.78. The summed E-state index contributed by atoms with van der Waals surface area (Å²) in [4.78, 5) is 55.2. The maximum Gasteiger partial charge on any atom is 0.254 e. The number of hydrogen-bond donors (Lipinski definition) is 1. The van der Waals surface area contributed by atoms with Crippen LogP contribution in [0.4, 0.5) is 11.8 Å². The zero-order chi connectivity index (χ0) is 36.1. The lowest BCUT2D eigenvalue weighted by Gasteiger charge is -2.35. The highest BCUT2D eigenvalue weighted by atomic mass is 32.1. The van der Waals surface area contributed by atoms with Gasteiger partial charge in [0.1, 0.15) is 17.6 Å². The van der Waals surface area contributed by atoms with Gasteiger partial charge in [-0.25, -0.2) is 4.98 Å². The van der Waals surface area contributed by atoms with Crippen LogP contribution in [0, 0.1) is 5.92 Å². The number of anilines is 2. The number of likely N-dealkylation sites (tertiary alicyclic amines) is 1. The molecule has 1 N–H and O–H groups in total. The molecule has 2 fully saturated rings. The summed E-state index contributed by atoms with van der Waals surface area (Å²) in [5.41, 5.74) is 0.963. The van der Waals surface area contributed by atoms with E-state index in [1.807, 2.05) is 16.7 Å². The van der Waals surface area contributed by atoms with Crippen LogP contribution in [0.25, 0.3) is 10.9 Å². The van der Waals surface area contributed by atoms with Crippen molar-refractivity contribution in [1.29, 1.82) is 0 Å². The number of ether oxygens (including phenoxy) is 5. The van der Waals surface area contributed by atoms with Crippen LogP contribution in [-0.2, 0) is 9.59 Å². The van der Waals surface area contributed by atoms with Gasteiger partial charge in [-0.3, -0.25) is 9.59 Å². The minimum absolute atomic E-state index is 0.0517. The summed E-state index contributed by atoms with van der Waals surface area (Å²) in [5, 5.41) is 3.64. The number of carbonyl (C=O) groups excluding carboxylic acids is 3. The van der Waals surface area contributed by atoms with Crippen LogP contribution >= 0.6 is 12.2 Å². The maximum atomic E-state index is 13.9. The number of rotatable bonds is 12. The van der Waals surface area contributed by atoms with E-state index in [0.717, 1.165) is 6.42 Å². The Bertz CT molecular complexity index is 1750. The molecule has 0 spiro atoms. The second kappa shape index (κ2) is 15.7. The van der Waals surface area contributed by atoms with E-state index in [-0.39, 0.29) is 23.5 Å². The van der Waals surface area contributed by atoms with Gasteiger partial charge in [-0.15, -0.1) is 0 Å². The first-order valence-corrected chi connectivity index (χ1v) is 16.8. The number of Topliss-reactive ketones (excluding diaryl/α,β-unsaturated/α-hetero) is 1. The van der Waals surface area contributed by atoms with Gasteiger partial charge in [-0.05, 0) is 38.0 Å². The summed E-state index contributed by atoms with van der Waals surface area (Å²) in [6, 6.07) is 6.27. The second-order valence-corrected chi connectivity index (χ2v) is 12.7. The van der Waals surface area contributed by atoms with Crippen molar-refractivity contribution >= 4 is 57.5 Å². The number of nitrogens with zero attached hydrogens (tertiary/aromatic N) is 5. The lowest BCUT2D eigenvalue weighted by molar-refractivity contribution is -0.119. The van der Waals surface area contributed by atoms with Crippen LogP contribution in [0.2, 0.25) is 0 Å². The standard InChI is InChI=1S/C35H44N6O8S/c1-20(15-21(2)42)34(50)41-10-8-9-25(41)32(43)37-31-23-18-26(45-3)27(46-4)19-24(23)36-35(38-31)40-13-11-39(12-14-40)33(44)22-16-28(47-5)30(49-7)29(17-22)48-6/h16-20,25H,8-15H2,1-7H3,(H,36,37,38,43)/t20?,25-/m1/s1. The summed E-state index contributed by atoms with van der Waals surface area (Å²) < 4.78 is 27.4. The predicted octanol–water partition coefficient (Wildman–Crippen LogP) is 3.98. The summed E-state index contributed by atoms with van der Waals surface area (Å²) in [6.45, 7) is 5.79. The van der Waals surface area contributed by atoms with Crippen molar-refractivity contribution in [3.05, 3.63) is 29.8 Å². The first-order chi connectivity index (χ1) is 24.0. The monoisotopic (exact) mass is 708 g/mol. The highest BCUT2D eigenvalue weighted by Crippen LogP contribution is 2.39. The quantitative estimate of drug-likeness (QED) is 0.271. The third-order valence-corrected chi connectivity index (χ3v) is 9.68. The number of thiocarbonyl (C=S) groups is 1. The average Bonchev–Trinajstić information content (AvgIpc) is 3.63. The molecule has 2 atom stereocenters. The smallest absolute Gasteiger partial charge is 0.254 e. The van der Waals surface area contributed by atoms with Crippen molar-refractivity contribution in [2.45, 2.75) is 39.2 Å². The number of carbonyl (C=O) groups is 3. The fraction of sp³-hybridized carbons (Fsp3) is 0.486. The average molecular weight is 709 g/mol. The Morgan fingerprint density at radius 2 is 1.48 bits per heavy atom. The Labute approximate surface area is 297 Å². The number of methoxy groups -OCH3 is 5. The van der Waals surface area contributed by atoms with E-state index in [0.29, 0.717) is 108 Å². The van der Waals surface area contributed by atoms with Crippen LogP contribution < -0.4 is 33.9 Å². The van der Waals surface area contributed by atoms with Crippen molar-refractivity contribution < 1.29 is 38.1 Å². The van der Waals surface area contributed by atoms with Crippen LogP contribution in [-0.4, -0.2) is 117 Å². The molecule has 2 aliphatic rings. The lowest BCUT2D eigenvalue weighted by atomic mass is 10.0. The molecular weight excluding hydrogens is 664 g/mol. The molecular formula is C35H44N6O8S. The van der Waals surface area contributed by atoms with E-state index in [1.54, 1.807) is 43.2 Å². The van der Waals surface area contributed by atoms with Gasteiger partial charge in [0.15, 0.2) is 23.0 Å². The van der Waals surface area contributed by atoms with E-state index < -0.39 is 6.04 Å². The van der Waals surface area contributed by atoms with Crippen molar-refractivity contribution in [3.8, 4) is 28.7 Å². The summed E-state index contributed by atoms with van der Waals surface area (Å²) in [6.07, 6.45) is 1.74. The van der Waals surface area contributed by atoms with Crippen molar-refractivity contribution in [2.24, 2.45) is 5.92 Å². The molecule has 2 aliphatic heterocycles. The van der Waals surface area contributed by atoms with E-state index in [2.05, 4.69) is 5.32 Å². The normalized spacial score (nSPS) is 16.5. The number of ketones is 1. The van der Waals surface area contributed by atoms with Crippen LogP contribution in [0.15, 0.2) is 24.3 Å². The van der Waals surface area contributed by atoms with Gasteiger partial charge in [-0.2, -0.15) is 4.98 Å². The SMILES string of the molecule is COc1cc2nc(N3CCN(C(=O)c4cc(OC)c(OC)c(OC)c4)CC3)nc(NC(=O)[C@H]3CCCN3C(=S)C(C)CC(C)=O)c2cc1OC. The van der Waals surface area contributed by atoms with Crippen LogP contribution in [0.5, 0.6) is 28.7 Å². The van der Waals surface area contributed by atoms with Gasteiger partial charge >= 0.3 is 0 Å². The largest absolute Gasteiger partial charge is 0.493 e. The van der Waals surface area contributed by atoms with Gasteiger partial charge in [-0.1, -0.05) is 19.1 Å². The van der Waals surface area contributed by atoms with Gasteiger partial charge in [0.25, 0.3) is 5.91 Å². The lowest BCUT2D eigenvalue weighted by Crippen LogP contribution is -2.49. The number of piperazine rings is 1. The summed E-state index contributed by atoms with van der Waals surface area (Å²) in [7, 11) is 7.61. The topological polar surface area (TPSA) is 145 Å². The number of aromatic nitrogens is 2. The first kappa shape index (κ1) is 36.4. The third kappa shape index (κ3) is 7.47. The van der Waals surface area contributed by atoms with Crippen molar-refractivity contribution in [1.82, 2.24) is 19.8 Å². The van der Waals surface area contributed by atoms with Gasteiger partial charge < -0.3 is 48.5 Å². The number of fused-ring (bicyclic) bond motifs is 1. The highest BCUT2D eigenvalue weighted by molar-refractivity contribution is 7.80. The van der Waals surface area contributed by atoms with E-state index >= 15 is 0 Å². The molecule has 3 aromatic rings. The molecule has 15 heteroatoms.